The average molecular weight is 316 g/mol. The number of nitrogens with zero attached hydrogens (tertiary/aromatic N) is 1. The Morgan fingerprint density at radius 2 is 2.18 bits per heavy atom. The van der Waals surface area contributed by atoms with Crippen LogP contribution in [0.5, 0.6) is 0 Å². The van der Waals surface area contributed by atoms with E-state index in [1.54, 1.807) is 12.3 Å². The average Bonchev–Trinajstić information content (AvgIpc) is 3.04. The van der Waals surface area contributed by atoms with Crippen LogP contribution in [0.2, 0.25) is 0 Å². The first-order valence-electron chi connectivity index (χ1n) is 7.00. The van der Waals surface area contributed by atoms with Crippen molar-refractivity contribution in [2.24, 2.45) is 0 Å². The topological polar surface area (TPSA) is 62.6 Å². The molecule has 114 valence electrons. The SMILES string of the molecule is CC(NC(=O)CN1C(=O)CSc2ccccc21)c1ccco1. The molecule has 5 nitrogen and oxygen atoms in total. The van der Waals surface area contributed by atoms with E-state index in [4.69, 9.17) is 4.42 Å². The van der Waals surface area contributed by atoms with Crippen molar-refractivity contribution in [3.63, 3.8) is 0 Å². The molecule has 1 aromatic heterocycles. The lowest BCUT2D eigenvalue weighted by Crippen LogP contribution is -2.43. The van der Waals surface area contributed by atoms with Gasteiger partial charge in [0.15, 0.2) is 0 Å². The van der Waals surface area contributed by atoms with Gasteiger partial charge in [0.25, 0.3) is 0 Å². The molecule has 0 radical (unpaired) electrons. The molecule has 22 heavy (non-hydrogen) atoms. The van der Waals surface area contributed by atoms with Gasteiger partial charge in [0.1, 0.15) is 12.3 Å². The summed E-state index contributed by atoms with van der Waals surface area (Å²) >= 11 is 1.50. The van der Waals surface area contributed by atoms with E-state index >= 15 is 0 Å². The third-order valence-corrected chi connectivity index (χ3v) is 4.50. The van der Waals surface area contributed by atoms with Crippen LogP contribution in [-0.4, -0.2) is 24.1 Å². The van der Waals surface area contributed by atoms with Crippen LogP contribution in [0.1, 0.15) is 18.7 Å². The molecular weight excluding hydrogens is 300 g/mol. The number of amides is 2. The van der Waals surface area contributed by atoms with Gasteiger partial charge in [-0.05, 0) is 31.2 Å². The summed E-state index contributed by atoms with van der Waals surface area (Å²) in [6.45, 7) is 1.86. The number of fused-ring (bicyclic) bond motifs is 1. The molecule has 0 bridgehead atoms. The predicted molar refractivity (Wildman–Crippen MR) is 84.8 cm³/mol. The fourth-order valence-electron chi connectivity index (χ4n) is 2.37. The van der Waals surface area contributed by atoms with Gasteiger partial charge in [0.05, 0.1) is 23.7 Å². The molecule has 0 fully saturated rings. The van der Waals surface area contributed by atoms with Gasteiger partial charge in [0, 0.05) is 4.90 Å². The summed E-state index contributed by atoms with van der Waals surface area (Å²) in [5, 5.41) is 2.85. The molecule has 2 aromatic rings. The third-order valence-electron chi connectivity index (χ3n) is 3.46. The Labute approximate surface area is 132 Å². The lowest BCUT2D eigenvalue weighted by molar-refractivity contribution is -0.123. The monoisotopic (exact) mass is 316 g/mol. The van der Waals surface area contributed by atoms with E-state index < -0.39 is 0 Å². The highest BCUT2D eigenvalue weighted by molar-refractivity contribution is 8.00. The molecule has 2 heterocycles. The number of hydrogen-bond donors (Lipinski definition) is 1. The zero-order valence-corrected chi connectivity index (χ0v) is 12.9. The number of hydrogen-bond acceptors (Lipinski definition) is 4. The second-order valence-corrected chi connectivity index (χ2v) is 6.06. The highest BCUT2D eigenvalue weighted by Crippen LogP contribution is 2.34. The van der Waals surface area contributed by atoms with Crippen molar-refractivity contribution in [1.82, 2.24) is 5.32 Å². The minimum absolute atomic E-state index is 0.0153. The molecule has 0 saturated heterocycles. The zero-order chi connectivity index (χ0) is 15.5. The molecule has 6 heteroatoms. The Bertz CT molecular complexity index is 684. The van der Waals surface area contributed by atoms with Gasteiger partial charge < -0.3 is 14.6 Å². The zero-order valence-electron chi connectivity index (χ0n) is 12.1. The number of furan rings is 1. The van der Waals surface area contributed by atoms with Crippen LogP contribution in [0.4, 0.5) is 5.69 Å². The van der Waals surface area contributed by atoms with E-state index in [0.29, 0.717) is 11.5 Å². The fraction of sp³-hybridized carbons (Fsp3) is 0.250. The number of benzene rings is 1. The number of carbonyl (C=O) groups is 2. The molecule has 1 aromatic carbocycles. The van der Waals surface area contributed by atoms with E-state index in [-0.39, 0.29) is 24.4 Å². The van der Waals surface area contributed by atoms with E-state index in [9.17, 15) is 9.59 Å². The van der Waals surface area contributed by atoms with Crippen LogP contribution < -0.4 is 10.2 Å². The summed E-state index contributed by atoms with van der Waals surface area (Å²) in [6, 6.07) is 11.0. The number of anilines is 1. The number of para-hydroxylation sites is 1. The van der Waals surface area contributed by atoms with Crippen molar-refractivity contribution in [3.05, 3.63) is 48.4 Å². The standard InChI is InChI=1S/C16H16N2O3S/c1-11(13-6-4-8-21-13)17-15(19)9-18-12-5-2-3-7-14(12)22-10-16(18)20/h2-8,11H,9-10H2,1H3,(H,17,19). The van der Waals surface area contributed by atoms with Crippen LogP contribution in [0.25, 0.3) is 0 Å². The Morgan fingerprint density at radius 3 is 2.95 bits per heavy atom. The number of carbonyl (C=O) groups excluding carboxylic acids is 2. The van der Waals surface area contributed by atoms with Crippen LogP contribution in [0.3, 0.4) is 0 Å². The molecule has 0 saturated carbocycles. The van der Waals surface area contributed by atoms with Gasteiger partial charge in [-0.15, -0.1) is 11.8 Å². The highest BCUT2D eigenvalue weighted by Gasteiger charge is 2.26. The first-order valence-corrected chi connectivity index (χ1v) is 7.98. The van der Waals surface area contributed by atoms with Crippen molar-refractivity contribution in [2.75, 3.05) is 17.2 Å². The Morgan fingerprint density at radius 1 is 1.36 bits per heavy atom. The van der Waals surface area contributed by atoms with Gasteiger partial charge in [-0.2, -0.15) is 0 Å². The van der Waals surface area contributed by atoms with Crippen molar-refractivity contribution >= 4 is 29.3 Å². The first kappa shape index (κ1) is 14.7. The van der Waals surface area contributed by atoms with Crippen molar-refractivity contribution in [3.8, 4) is 0 Å². The second-order valence-electron chi connectivity index (χ2n) is 5.04. The molecule has 1 unspecified atom stereocenters. The van der Waals surface area contributed by atoms with E-state index in [0.717, 1.165) is 10.6 Å². The number of rotatable bonds is 4. The molecule has 1 N–H and O–H groups in total. The molecule has 1 aliphatic heterocycles. The van der Waals surface area contributed by atoms with Crippen LogP contribution in [0, 0.1) is 0 Å². The molecular formula is C16H16N2O3S. The normalized spacial score (nSPS) is 15.3. The van der Waals surface area contributed by atoms with Gasteiger partial charge in [-0.25, -0.2) is 0 Å². The van der Waals surface area contributed by atoms with Crippen molar-refractivity contribution in [2.45, 2.75) is 17.9 Å². The van der Waals surface area contributed by atoms with Crippen LogP contribution in [-0.2, 0) is 9.59 Å². The maximum absolute atomic E-state index is 12.2. The van der Waals surface area contributed by atoms with E-state index in [1.807, 2.05) is 37.3 Å². The molecule has 0 spiro atoms. The summed E-state index contributed by atoms with van der Waals surface area (Å²) in [4.78, 5) is 26.9. The summed E-state index contributed by atoms with van der Waals surface area (Å²) < 4.78 is 5.26. The molecule has 0 aliphatic carbocycles. The summed E-state index contributed by atoms with van der Waals surface area (Å²) in [6.07, 6.45) is 1.57. The second kappa shape index (κ2) is 6.27. The molecule has 1 aliphatic rings. The maximum atomic E-state index is 12.2. The summed E-state index contributed by atoms with van der Waals surface area (Å²) in [5.41, 5.74) is 0.796. The first-order chi connectivity index (χ1) is 10.6. The minimum atomic E-state index is -0.230. The Balaban J connectivity index is 1.70. The van der Waals surface area contributed by atoms with E-state index in [2.05, 4.69) is 5.32 Å². The molecule has 1 atom stereocenters. The Hall–Kier alpha value is -2.21. The number of thioether (sulfide) groups is 1. The summed E-state index contributed by atoms with van der Waals surface area (Å²) in [7, 11) is 0. The van der Waals surface area contributed by atoms with Crippen molar-refractivity contribution < 1.29 is 14.0 Å². The maximum Gasteiger partial charge on any atom is 0.240 e. The Kier molecular flexibility index (Phi) is 4.20. The van der Waals surface area contributed by atoms with Gasteiger partial charge in [0.2, 0.25) is 11.8 Å². The van der Waals surface area contributed by atoms with Crippen molar-refractivity contribution in [1.29, 1.82) is 0 Å². The minimum Gasteiger partial charge on any atom is -0.467 e. The van der Waals surface area contributed by atoms with Gasteiger partial charge in [-0.1, -0.05) is 12.1 Å². The quantitative estimate of drug-likeness (QED) is 0.942. The molecule has 2 amide bonds. The lowest BCUT2D eigenvalue weighted by Gasteiger charge is -2.28. The van der Waals surface area contributed by atoms with Gasteiger partial charge in [-0.3, -0.25) is 9.59 Å². The van der Waals surface area contributed by atoms with Gasteiger partial charge >= 0.3 is 0 Å². The fourth-order valence-corrected chi connectivity index (χ4v) is 3.30. The largest absolute Gasteiger partial charge is 0.467 e. The highest BCUT2D eigenvalue weighted by atomic mass is 32.2. The summed E-state index contributed by atoms with van der Waals surface area (Å²) in [5.74, 6) is 0.788. The van der Waals surface area contributed by atoms with Crippen LogP contribution in [0.15, 0.2) is 52.0 Å². The third kappa shape index (κ3) is 3.01. The smallest absolute Gasteiger partial charge is 0.240 e. The molecule has 3 rings (SSSR count). The lowest BCUT2D eigenvalue weighted by atomic mass is 10.2. The van der Waals surface area contributed by atoms with E-state index in [1.165, 1.54) is 16.7 Å². The number of nitrogens with one attached hydrogen (secondary N) is 1. The van der Waals surface area contributed by atoms with Crippen LogP contribution >= 0.6 is 11.8 Å². The predicted octanol–water partition coefficient (Wildman–Crippen LogP) is 2.60.